The zero-order chi connectivity index (χ0) is 14.4. The lowest BCUT2D eigenvalue weighted by atomic mass is 10.1. The first kappa shape index (κ1) is 22.3. The lowest BCUT2D eigenvalue weighted by Crippen LogP contribution is -2.50. The fraction of sp³-hybridized carbons (Fsp3) is 1.00. The third kappa shape index (κ3) is 10.8. The van der Waals surface area contributed by atoms with Crippen molar-refractivity contribution in [2.45, 2.75) is 91.9 Å². The predicted octanol–water partition coefficient (Wildman–Crippen LogP) is 5.40. The van der Waals surface area contributed by atoms with E-state index < -0.39 is 0 Å². The van der Waals surface area contributed by atoms with Crippen LogP contribution in [0.1, 0.15) is 91.9 Å². The standard InChI is InChI=1S/C18H40N.B/c1-5-9-10-11-12-13-14-18-19(15-6-2,16-7-3)17-8-4;/h5-18H2,1-4H3;/q+1;-1. The average Bonchev–Trinajstić information content (AvgIpc) is 2.39. The summed E-state index contributed by atoms with van der Waals surface area (Å²) in [6, 6.07) is 0. The molecule has 0 aromatic heterocycles. The van der Waals surface area contributed by atoms with Crippen molar-refractivity contribution in [3.63, 3.8) is 0 Å². The molecule has 0 aliphatic heterocycles. The van der Waals surface area contributed by atoms with Gasteiger partial charge in [0.2, 0.25) is 0 Å². The molecule has 0 amide bonds. The van der Waals surface area contributed by atoms with E-state index in [1.165, 1.54) is 94.9 Å². The van der Waals surface area contributed by atoms with Crippen molar-refractivity contribution in [1.82, 2.24) is 0 Å². The molecular weight excluding hydrogens is 241 g/mol. The summed E-state index contributed by atoms with van der Waals surface area (Å²) in [7, 11) is 0. The Labute approximate surface area is 131 Å². The Morgan fingerprint density at radius 3 is 1.25 bits per heavy atom. The lowest BCUT2D eigenvalue weighted by molar-refractivity contribution is -0.928. The second-order valence-corrected chi connectivity index (χ2v) is 6.36. The molecule has 0 aliphatic carbocycles. The van der Waals surface area contributed by atoms with E-state index in [-0.39, 0.29) is 8.41 Å². The lowest BCUT2D eigenvalue weighted by Gasteiger charge is -2.38. The second-order valence-electron chi connectivity index (χ2n) is 6.36. The van der Waals surface area contributed by atoms with Gasteiger partial charge in [-0.25, -0.2) is 0 Å². The quantitative estimate of drug-likeness (QED) is 0.227. The van der Waals surface area contributed by atoms with Crippen LogP contribution in [-0.2, 0) is 0 Å². The van der Waals surface area contributed by atoms with Gasteiger partial charge in [0.1, 0.15) is 0 Å². The molecule has 0 spiro atoms. The van der Waals surface area contributed by atoms with Crippen LogP contribution in [0.5, 0.6) is 0 Å². The summed E-state index contributed by atoms with van der Waals surface area (Å²) in [6.45, 7) is 15.0. The van der Waals surface area contributed by atoms with Gasteiger partial charge in [0.25, 0.3) is 0 Å². The topological polar surface area (TPSA) is 0 Å². The molecule has 0 bridgehead atoms. The summed E-state index contributed by atoms with van der Waals surface area (Å²) in [5, 5.41) is 0. The normalized spacial score (nSPS) is 11.4. The SMILES string of the molecule is CCCCCCCCC[N+](CCC)(CCC)CCC.[B-]. The van der Waals surface area contributed by atoms with Gasteiger partial charge in [-0.15, -0.1) is 0 Å². The summed E-state index contributed by atoms with van der Waals surface area (Å²) < 4.78 is 1.40. The van der Waals surface area contributed by atoms with Gasteiger partial charge < -0.3 is 12.9 Å². The molecule has 0 saturated heterocycles. The fourth-order valence-electron chi connectivity index (χ4n) is 3.50. The minimum absolute atomic E-state index is 0. The monoisotopic (exact) mass is 281 g/mol. The Hall–Kier alpha value is 0.0249. The molecule has 2 heteroatoms. The molecule has 0 aromatic carbocycles. The van der Waals surface area contributed by atoms with E-state index in [1.807, 2.05) is 0 Å². The van der Waals surface area contributed by atoms with Crippen LogP contribution in [0.2, 0.25) is 0 Å². The van der Waals surface area contributed by atoms with E-state index in [2.05, 4.69) is 27.7 Å². The molecule has 0 fully saturated rings. The highest BCUT2D eigenvalue weighted by molar-refractivity contribution is 5.75. The van der Waals surface area contributed by atoms with Crippen LogP contribution in [0.15, 0.2) is 0 Å². The zero-order valence-corrected chi connectivity index (χ0v) is 14.9. The molecule has 0 aromatic rings. The van der Waals surface area contributed by atoms with Gasteiger partial charge in [-0.05, 0) is 32.1 Å². The zero-order valence-electron chi connectivity index (χ0n) is 14.9. The van der Waals surface area contributed by atoms with Crippen molar-refractivity contribution in [1.29, 1.82) is 0 Å². The minimum atomic E-state index is 0. The first-order valence-corrected chi connectivity index (χ1v) is 9.09. The molecule has 4 radical (unpaired) electrons. The maximum absolute atomic E-state index is 2.35. The van der Waals surface area contributed by atoms with Gasteiger partial charge in [0.15, 0.2) is 0 Å². The minimum Gasteiger partial charge on any atom is -1.00 e. The maximum atomic E-state index is 2.35. The summed E-state index contributed by atoms with van der Waals surface area (Å²) in [6.07, 6.45) is 14.1. The maximum Gasteiger partial charge on any atom is 0.0786 e. The van der Waals surface area contributed by atoms with E-state index in [0.717, 1.165) is 0 Å². The summed E-state index contributed by atoms with van der Waals surface area (Å²) in [5.41, 5.74) is 0. The molecule has 120 valence electrons. The molecule has 0 N–H and O–H groups in total. The first-order chi connectivity index (χ1) is 9.24. The van der Waals surface area contributed by atoms with Crippen LogP contribution in [0.25, 0.3) is 0 Å². The molecule has 1 nitrogen and oxygen atoms in total. The molecule has 0 rings (SSSR count). The highest BCUT2D eigenvalue weighted by Crippen LogP contribution is 2.15. The fourth-order valence-corrected chi connectivity index (χ4v) is 3.50. The van der Waals surface area contributed by atoms with Gasteiger partial charge in [-0.1, -0.05) is 59.8 Å². The van der Waals surface area contributed by atoms with Crippen molar-refractivity contribution in [3.8, 4) is 0 Å². The number of nitrogens with zero attached hydrogens (tertiary/aromatic N) is 1. The van der Waals surface area contributed by atoms with E-state index in [1.54, 1.807) is 0 Å². The van der Waals surface area contributed by atoms with Crippen molar-refractivity contribution < 1.29 is 4.48 Å². The Kier molecular flexibility index (Phi) is 17.2. The van der Waals surface area contributed by atoms with E-state index in [9.17, 15) is 0 Å². The number of unbranched alkanes of at least 4 members (excludes halogenated alkanes) is 6. The highest BCUT2D eigenvalue weighted by atomic mass is 15.3. The van der Waals surface area contributed by atoms with E-state index >= 15 is 0 Å². The molecule has 0 aliphatic rings. The van der Waals surface area contributed by atoms with E-state index in [0.29, 0.717) is 0 Å². The number of hydrogen-bond acceptors (Lipinski definition) is 0. The smallest absolute Gasteiger partial charge is 0.0786 e. The number of hydrogen-bond donors (Lipinski definition) is 0. The molecule has 20 heavy (non-hydrogen) atoms. The van der Waals surface area contributed by atoms with Crippen LogP contribution in [0, 0.1) is 0 Å². The molecule has 0 unspecified atom stereocenters. The Bertz CT molecular complexity index is 165. The molecular formula is C18H40BN. The average molecular weight is 281 g/mol. The first-order valence-electron chi connectivity index (χ1n) is 9.09. The van der Waals surface area contributed by atoms with Gasteiger partial charge in [-0.3, -0.25) is 0 Å². The largest absolute Gasteiger partial charge is 1.00 e. The molecule has 0 heterocycles. The Morgan fingerprint density at radius 1 is 0.450 bits per heavy atom. The van der Waals surface area contributed by atoms with Crippen molar-refractivity contribution in [2.24, 2.45) is 0 Å². The van der Waals surface area contributed by atoms with Crippen LogP contribution < -0.4 is 0 Å². The van der Waals surface area contributed by atoms with Gasteiger partial charge in [0.05, 0.1) is 26.2 Å². The summed E-state index contributed by atoms with van der Waals surface area (Å²) in [4.78, 5) is 0. The van der Waals surface area contributed by atoms with Crippen LogP contribution >= 0.6 is 0 Å². The molecule has 0 saturated carbocycles. The van der Waals surface area contributed by atoms with Crippen LogP contribution in [-0.4, -0.2) is 39.1 Å². The third-order valence-corrected chi connectivity index (χ3v) is 4.33. The highest BCUT2D eigenvalue weighted by Gasteiger charge is 2.23. The molecule has 0 atom stereocenters. The third-order valence-electron chi connectivity index (χ3n) is 4.33. The van der Waals surface area contributed by atoms with Gasteiger partial charge in [-0.2, -0.15) is 0 Å². The number of quaternary nitrogens is 1. The van der Waals surface area contributed by atoms with Gasteiger partial charge in [0, 0.05) is 0 Å². The van der Waals surface area contributed by atoms with Crippen LogP contribution in [0.3, 0.4) is 0 Å². The van der Waals surface area contributed by atoms with Crippen molar-refractivity contribution in [3.05, 3.63) is 0 Å². The summed E-state index contributed by atoms with van der Waals surface area (Å²) in [5.74, 6) is 0. The van der Waals surface area contributed by atoms with Crippen molar-refractivity contribution >= 4 is 8.41 Å². The summed E-state index contributed by atoms with van der Waals surface area (Å²) >= 11 is 0. The Balaban J connectivity index is 0. The van der Waals surface area contributed by atoms with Crippen molar-refractivity contribution in [2.75, 3.05) is 26.2 Å². The van der Waals surface area contributed by atoms with E-state index in [4.69, 9.17) is 0 Å². The number of rotatable bonds is 14. The second kappa shape index (κ2) is 15.4. The Morgan fingerprint density at radius 2 is 0.850 bits per heavy atom. The van der Waals surface area contributed by atoms with Gasteiger partial charge >= 0.3 is 0 Å². The van der Waals surface area contributed by atoms with Crippen LogP contribution in [0.4, 0.5) is 0 Å². The predicted molar refractivity (Wildman–Crippen MR) is 94.3 cm³/mol.